The highest BCUT2D eigenvalue weighted by atomic mass is 31.2. The number of phosphoric acid groups is 1. The summed E-state index contributed by atoms with van der Waals surface area (Å²) in [5.74, 6) is -1.79. The van der Waals surface area contributed by atoms with E-state index in [1.165, 1.54) is 31.2 Å². The number of carbonyl (C=O) groups excluding carboxylic acids is 1. The number of rotatable bonds is 14. The van der Waals surface area contributed by atoms with Crippen LogP contribution in [0.4, 0.5) is 10.5 Å². The highest BCUT2D eigenvalue weighted by Gasteiger charge is 2.35. The Bertz CT molecular complexity index is 1540. The van der Waals surface area contributed by atoms with Crippen LogP contribution in [-0.2, 0) is 27.7 Å². The molecule has 0 saturated carbocycles. The molecule has 13 nitrogen and oxygen atoms in total. The number of carboxylic acids is 1. The van der Waals surface area contributed by atoms with E-state index in [0.717, 1.165) is 22.3 Å². The van der Waals surface area contributed by atoms with Crippen molar-refractivity contribution in [2.45, 2.75) is 31.4 Å². The quantitative estimate of drug-likeness (QED) is 0.0985. The fraction of sp³-hybridized carbons (Fsp3) is 0.276. The largest absolute Gasteiger partial charge is 0.480 e. The Morgan fingerprint density at radius 2 is 1.65 bits per heavy atom. The summed E-state index contributed by atoms with van der Waals surface area (Å²) in [7, 11) is -4.59. The average Bonchev–Trinajstić information content (AvgIpc) is 3.31. The number of aliphatic carboxylic acids is 1. The second-order valence-corrected chi connectivity index (χ2v) is 11.0. The SMILES string of the molecule is CC(OP(=O)(OCCC#N)OC[C@H](NC(=O)OCC1c2ccccc2-c2ccccc21)C(=O)O)c1ccccc1[N+](=O)[O-]. The number of hydrogen-bond acceptors (Lipinski definition) is 10. The maximum Gasteiger partial charge on any atom is 0.475 e. The number of carbonyl (C=O) groups is 2. The molecular formula is C29H28N3O10P. The van der Waals surface area contributed by atoms with Gasteiger partial charge in [0.05, 0.1) is 42.3 Å². The van der Waals surface area contributed by atoms with E-state index < -0.39 is 50.2 Å². The second-order valence-electron chi connectivity index (χ2n) is 9.41. The van der Waals surface area contributed by atoms with Crippen LogP contribution in [0.2, 0.25) is 0 Å². The first-order chi connectivity index (χ1) is 20.6. The molecule has 3 aromatic carbocycles. The molecule has 43 heavy (non-hydrogen) atoms. The van der Waals surface area contributed by atoms with Crippen molar-refractivity contribution < 1.29 is 42.5 Å². The summed E-state index contributed by atoms with van der Waals surface area (Å²) in [4.78, 5) is 35.4. The van der Waals surface area contributed by atoms with E-state index in [1.54, 1.807) is 6.07 Å². The first-order valence-corrected chi connectivity index (χ1v) is 14.6. The smallest absolute Gasteiger partial charge is 0.475 e. The van der Waals surface area contributed by atoms with Crippen LogP contribution >= 0.6 is 7.82 Å². The monoisotopic (exact) mass is 609 g/mol. The van der Waals surface area contributed by atoms with Gasteiger partial charge in [-0.05, 0) is 35.2 Å². The van der Waals surface area contributed by atoms with Crippen molar-refractivity contribution in [2.24, 2.45) is 0 Å². The molecule has 1 amide bonds. The maximum absolute atomic E-state index is 13.4. The predicted molar refractivity (Wildman–Crippen MR) is 152 cm³/mol. The molecule has 0 aliphatic heterocycles. The molecule has 3 aromatic rings. The summed E-state index contributed by atoms with van der Waals surface area (Å²) < 4.78 is 34.6. The number of para-hydroxylation sites is 1. The fourth-order valence-electron chi connectivity index (χ4n) is 4.67. The van der Waals surface area contributed by atoms with E-state index in [-0.39, 0.29) is 30.2 Å². The third-order valence-electron chi connectivity index (χ3n) is 6.66. The molecule has 0 saturated heterocycles. The minimum Gasteiger partial charge on any atom is -0.480 e. The van der Waals surface area contributed by atoms with Gasteiger partial charge in [-0.25, -0.2) is 14.2 Å². The lowest BCUT2D eigenvalue weighted by Gasteiger charge is -2.23. The Labute approximate surface area is 246 Å². The van der Waals surface area contributed by atoms with Gasteiger partial charge in [0, 0.05) is 12.0 Å². The van der Waals surface area contributed by atoms with Crippen molar-refractivity contribution in [3.05, 3.63) is 99.6 Å². The van der Waals surface area contributed by atoms with E-state index in [9.17, 15) is 29.4 Å². The number of ether oxygens (including phenoxy) is 1. The summed E-state index contributed by atoms with van der Waals surface area (Å²) in [5, 5.41) is 32.1. The lowest BCUT2D eigenvalue weighted by atomic mass is 9.98. The number of fused-ring (bicyclic) bond motifs is 3. The number of nitro benzene ring substituents is 1. The number of benzene rings is 3. The summed E-state index contributed by atoms with van der Waals surface area (Å²) in [6.45, 7) is 0.0385. The zero-order chi connectivity index (χ0) is 31.0. The molecule has 0 heterocycles. The number of carboxylic acid groups (broad SMARTS) is 1. The first kappa shape index (κ1) is 31.3. The normalized spacial score (nSPS) is 14.8. The van der Waals surface area contributed by atoms with Crippen molar-refractivity contribution in [1.82, 2.24) is 5.32 Å². The lowest BCUT2D eigenvalue weighted by Crippen LogP contribution is -2.44. The third kappa shape index (κ3) is 7.63. The molecule has 0 aromatic heterocycles. The van der Waals surface area contributed by atoms with Gasteiger partial charge in [0.1, 0.15) is 6.61 Å². The molecule has 0 radical (unpaired) electrons. The number of alkyl carbamates (subject to hydrolysis) is 1. The first-order valence-electron chi connectivity index (χ1n) is 13.2. The topological polar surface area (TPSA) is 187 Å². The van der Waals surface area contributed by atoms with Crippen molar-refractivity contribution in [1.29, 1.82) is 5.26 Å². The Morgan fingerprint density at radius 1 is 1.05 bits per heavy atom. The molecule has 2 unspecified atom stereocenters. The lowest BCUT2D eigenvalue weighted by molar-refractivity contribution is -0.386. The number of amides is 1. The second kappa shape index (κ2) is 14.0. The average molecular weight is 610 g/mol. The van der Waals surface area contributed by atoms with E-state index in [1.807, 2.05) is 48.5 Å². The molecule has 1 aliphatic rings. The van der Waals surface area contributed by atoms with Gasteiger partial charge in [-0.3, -0.25) is 23.7 Å². The number of hydrogen-bond donors (Lipinski definition) is 2. The zero-order valence-electron chi connectivity index (χ0n) is 23.0. The Hall–Kier alpha value is -4.60. The van der Waals surface area contributed by atoms with Gasteiger partial charge in [-0.2, -0.15) is 5.26 Å². The molecule has 0 spiro atoms. The summed E-state index contributed by atoms with van der Waals surface area (Å²) in [5.41, 5.74) is 3.73. The molecule has 2 N–H and O–H groups in total. The Balaban J connectivity index is 1.41. The van der Waals surface area contributed by atoms with Crippen molar-refractivity contribution in [3.8, 4) is 17.2 Å². The van der Waals surface area contributed by atoms with Crippen molar-refractivity contribution in [3.63, 3.8) is 0 Å². The van der Waals surface area contributed by atoms with Crippen LogP contribution < -0.4 is 5.32 Å². The standard InChI is InChI=1S/C29H28N3O10P/c1-19(20-9-6-7-14-27(20)32(36)37)42-43(38,40-16-8-15-30)41-18-26(28(33)34)31-29(35)39-17-25-23-12-4-2-10-21(23)22-11-3-5-13-24(22)25/h2-7,9-14,19,25-26H,8,16-18H2,1H3,(H,31,35)(H,33,34)/t19?,26-,43?/m0/s1. The van der Waals surface area contributed by atoms with Gasteiger partial charge in [-0.15, -0.1) is 0 Å². The molecule has 224 valence electrons. The molecular weight excluding hydrogens is 581 g/mol. The fourth-order valence-corrected chi connectivity index (χ4v) is 6.02. The van der Waals surface area contributed by atoms with Crippen LogP contribution in [0.15, 0.2) is 72.8 Å². The van der Waals surface area contributed by atoms with Crippen LogP contribution in [-0.4, -0.2) is 48.0 Å². The van der Waals surface area contributed by atoms with Crippen molar-refractivity contribution in [2.75, 3.05) is 19.8 Å². The number of nitro groups is 1. The molecule has 0 fully saturated rings. The Morgan fingerprint density at radius 3 is 2.26 bits per heavy atom. The highest BCUT2D eigenvalue weighted by Crippen LogP contribution is 2.54. The molecule has 0 bridgehead atoms. The van der Waals surface area contributed by atoms with E-state index in [4.69, 9.17) is 23.6 Å². The third-order valence-corrected chi connectivity index (χ3v) is 8.19. The van der Waals surface area contributed by atoms with E-state index in [2.05, 4.69) is 5.32 Å². The van der Waals surface area contributed by atoms with Crippen molar-refractivity contribution >= 4 is 25.6 Å². The van der Waals surface area contributed by atoms with Gasteiger partial charge >= 0.3 is 19.9 Å². The number of phosphoric ester groups is 1. The van der Waals surface area contributed by atoms with Gasteiger partial charge in [0.25, 0.3) is 5.69 Å². The van der Waals surface area contributed by atoms with Gasteiger partial charge < -0.3 is 15.2 Å². The maximum atomic E-state index is 13.4. The minimum absolute atomic E-state index is 0.0618. The van der Waals surface area contributed by atoms with Gasteiger partial charge in [0.15, 0.2) is 6.04 Å². The predicted octanol–water partition coefficient (Wildman–Crippen LogP) is 5.72. The Kier molecular flexibility index (Phi) is 10.2. The van der Waals surface area contributed by atoms with Gasteiger partial charge in [-0.1, -0.05) is 60.7 Å². The highest BCUT2D eigenvalue weighted by molar-refractivity contribution is 7.48. The number of nitrogens with one attached hydrogen (secondary N) is 1. The van der Waals surface area contributed by atoms with E-state index >= 15 is 0 Å². The van der Waals surface area contributed by atoms with E-state index in [0.29, 0.717) is 0 Å². The van der Waals surface area contributed by atoms with Crippen LogP contribution in [0.3, 0.4) is 0 Å². The molecule has 3 atom stereocenters. The number of nitriles is 1. The summed E-state index contributed by atoms with van der Waals surface area (Å²) >= 11 is 0. The van der Waals surface area contributed by atoms with Crippen LogP contribution in [0.1, 0.15) is 42.1 Å². The summed E-state index contributed by atoms with van der Waals surface area (Å²) in [6, 6.07) is 21.1. The van der Waals surface area contributed by atoms with Crippen LogP contribution in [0.5, 0.6) is 0 Å². The molecule has 14 heteroatoms. The molecule has 4 rings (SSSR count). The zero-order valence-corrected chi connectivity index (χ0v) is 23.8. The minimum atomic E-state index is -4.59. The van der Waals surface area contributed by atoms with Gasteiger partial charge in [0.2, 0.25) is 0 Å². The number of nitrogens with zero attached hydrogens (tertiary/aromatic N) is 2. The van der Waals surface area contributed by atoms with Crippen LogP contribution in [0, 0.1) is 21.4 Å². The van der Waals surface area contributed by atoms with Crippen LogP contribution in [0.25, 0.3) is 11.1 Å². The molecule has 1 aliphatic carbocycles. The summed E-state index contributed by atoms with van der Waals surface area (Å²) in [6.07, 6.45) is -2.43.